The number of aliphatic imine (C=N–C) groups is 1. The Morgan fingerprint density at radius 2 is 2.11 bits per heavy atom. The van der Waals surface area contributed by atoms with Crippen LogP contribution < -0.4 is 0 Å². The van der Waals surface area contributed by atoms with Gasteiger partial charge in [0.1, 0.15) is 0 Å². The minimum absolute atomic E-state index is 0. The maximum absolute atomic E-state index is 10.9. The molecule has 0 saturated heterocycles. The second-order valence-electron chi connectivity index (χ2n) is 4.13. The summed E-state index contributed by atoms with van der Waals surface area (Å²) < 4.78 is 0. The topological polar surface area (TPSA) is 52.9 Å². The van der Waals surface area contributed by atoms with Gasteiger partial charge in [-0.25, -0.2) is 0 Å². The van der Waals surface area contributed by atoms with Crippen LogP contribution in [0.25, 0.3) is 5.70 Å². The zero-order chi connectivity index (χ0) is 12.5. The highest BCUT2D eigenvalue weighted by atomic mass is 79.9. The molecular formula is C13H13BrN2O2S. The molecule has 19 heavy (non-hydrogen) atoms. The van der Waals surface area contributed by atoms with Gasteiger partial charge >= 0.3 is 5.97 Å². The summed E-state index contributed by atoms with van der Waals surface area (Å²) in [6.07, 6.45) is 0.0599. The highest BCUT2D eigenvalue weighted by molar-refractivity contribution is 8.93. The third kappa shape index (κ3) is 2.69. The third-order valence-corrected chi connectivity index (χ3v) is 4.03. The molecule has 6 heteroatoms. The quantitative estimate of drug-likeness (QED) is 0.919. The number of aliphatic carboxylic acids is 1. The van der Waals surface area contributed by atoms with E-state index in [0.29, 0.717) is 0 Å². The molecule has 0 spiro atoms. The molecule has 0 unspecified atom stereocenters. The molecule has 1 aromatic rings. The lowest BCUT2D eigenvalue weighted by atomic mass is 10.1. The molecule has 1 aromatic carbocycles. The van der Waals surface area contributed by atoms with Crippen LogP contribution in [-0.2, 0) is 4.79 Å². The molecule has 4 nitrogen and oxygen atoms in total. The predicted molar refractivity (Wildman–Crippen MR) is 82.5 cm³/mol. The van der Waals surface area contributed by atoms with Crippen LogP contribution in [0.5, 0.6) is 0 Å². The summed E-state index contributed by atoms with van der Waals surface area (Å²) in [5, 5.41) is 9.93. The molecule has 0 aliphatic carbocycles. The second-order valence-corrected chi connectivity index (χ2v) is 5.19. The number of rotatable bonds is 3. The first-order valence-electron chi connectivity index (χ1n) is 5.76. The number of carboxylic acid groups (broad SMARTS) is 1. The summed E-state index contributed by atoms with van der Waals surface area (Å²) >= 11 is 1.49. The summed E-state index contributed by atoms with van der Waals surface area (Å²) in [6.45, 7) is 1.63. The number of benzene rings is 1. The Morgan fingerprint density at radius 1 is 1.37 bits per heavy atom. The van der Waals surface area contributed by atoms with Crippen molar-refractivity contribution in [2.45, 2.75) is 6.42 Å². The van der Waals surface area contributed by atoms with Crippen molar-refractivity contribution >= 4 is 45.6 Å². The molecule has 2 aliphatic heterocycles. The van der Waals surface area contributed by atoms with Crippen LogP contribution in [0.3, 0.4) is 0 Å². The molecule has 0 bridgehead atoms. The van der Waals surface area contributed by atoms with Crippen molar-refractivity contribution in [3.05, 3.63) is 40.8 Å². The Morgan fingerprint density at radius 3 is 2.79 bits per heavy atom. The van der Waals surface area contributed by atoms with Gasteiger partial charge in [-0.1, -0.05) is 42.1 Å². The van der Waals surface area contributed by atoms with Gasteiger partial charge in [0.15, 0.2) is 5.17 Å². The van der Waals surface area contributed by atoms with Crippen LogP contribution in [0.2, 0.25) is 0 Å². The van der Waals surface area contributed by atoms with Gasteiger partial charge in [-0.3, -0.25) is 9.79 Å². The Labute approximate surface area is 126 Å². The van der Waals surface area contributed by atoms with E-state index in [1.54, 1.807) is 0 Å². The van der Waals surface area contributed by atoms with Gasteiger partial charge in [0.2, 0.25) is 0 Å². The second kappa shape index (κ2) is 5.79. The predicted octanol–water partition coefficient (Wildman–Crippen LogP) is 2.83. The minimum Gasteiger partial charge on any atom is -0.481 e. The molecule has 3 rings (SSSR count). The van der Waals surface area contributed by atoms with E-state index in [1.807, 2.05) is 30.3 Å². The summed E-state index contributed by atoms with van der Waals surface area (Å²) in [5.74, 6) is -0.798. The minimum atomic E-state index is -0.798. The van der Waals surface area contributed by atoms with E-state index in [-0.39, 0.29) is 23.4 Å². The van der Waals surface area contributed by atoms with Gasteiger partial charge in [-0.15, -0.1) is 17.0 Å². The molecule has 2 aliphatic rings. The van der Waals surface area contributed by atoms with Crippen LogP contribution in [0.4, 0.5) is 0 Å². The lowest BCUT2D eigenvalue weighted by Gasteiger charge is -2.17. The lowest BCUT2D eigenvalue weighted by molar-refractivity contribution is -0.136. The van der Waals surface area contributed by atoms with Gasteiger partial charge in [-0.2, -0.15) is 0 Å². The number of halogens is 1. The molecule has 1 N–H and O–H groups in total. The number of fused-ring (bicyclic) bond motifs is 1. The highest BCUT2D eigenvalue weighted by Gasteiger charge is 2.33. The molecule has 0 atom stereocenters. The van der Waals surface area contributed by atoms with Crippen LogP contribution in [-0.4, -0.2) is 34.2 Å². The van der Waals surface area contributed by atoms with E-state index in [4.69, 9.17) is 5.11 Å². The number of thioether (sulfide) groups is 1. The Balaban J connectivity index is 0.00000133. The first kappa shape index (κ1) is 14.1. The van der Waals surface area contributed by atoms with Crippen molar-refractivity contribution in [3.8, 4) is 0 Å². The van der Waals surface area contributed by atoms with Crippen molar-refractivity contribution in [1.29, 1.82) is 0 Å². The largest absolute Gasteiger partial charge is 0.481 e. The van der Waals surface area contributed by atoms with E-state index in [9.17, 15) is 4.79 Å². The van der Waals surface area contributed by atoms with Crippen LogP contribution in [0.1, 0.15) is 12.0 Å². The van der Waals surface area contributed by atoms with Crippen molar-refractivity contribution in [2.24, 2.45) is 4.99 Å². The van der Waals surface area contributed by atoms with E-state index >= 15 is 0 Å². The monoisotopic (exact) mass is 340 g/mol. The molecule has 0 fully saturated rings. The van der Waals surface area contributed by atoms with E-state index < -0.39 is 5.97 Å². The lowest BCUT2D eigenvalue weighted by Crippen LogP contribution is -2.20. The zero-order valence-corrected chi connectivity index (χ0v) is 12.6. The van der Waals surface area contributed by atoms with Gasteiger partial charge in [-0.05, 0) is 5.56 Å². The summed E-state index contributed by atoms with van der Waals surface area (Å²) in [5.41, 5.74) is 2.08. The summed E-state index contributed by atoms with van der Waals surface area (Å²) in [7, 11) is 0. The summed E-state index contributed by atoms with van der Waals surface area (Å²) in [4.78, 5) is 18.4. The highest BCUT2D eigenvalue weighted by Crippen LogP contribution is 2.42. The number of nitrogens with zero attached hydrogens (tertiary/aromatic N) is 2. The fraction of sp³-hybridized carbons (Fsp3) is 0.231. The SMILES string of the molecule is Br.O=C(O)CC1=C(c2ccccc2)N2CCN=C2S1. The maximum atomic E-state index is 10.9. The maximum Gasteiger partial charge on any atom is 0.308 e. The Kier molecular flexibility index (Phi) is 4.31. The molecule has 0 amide bonds. The van der Waals surface area contributed by atoms with E-state index in [0.717, 1.165) is 34.4 Å². The normalized spacial score (nSPS) is 17.1. The van der Waals surface area contributed by atoms with Gasteiger partial charge in [0.25, 0.3) is 0 Å². The molecular weight excluding hydrogens is 328 g/mol. The standard InChI is InChI=1S/C13H12N2O2S.BrH/c16-11(17)8-10-12(9-4-2-1-3-5-9)15-7-6-14-13(15)18-10;/h1-5H,6-8H2,(H,16,17);1H. The number of carboxylic acids is 1. The van der Waals surface area contributed by atoms with Gasteiger partial charge < -0.3 is 10.0 Å². The number of carbonyl (C=O) groups is 1. The first-order valence-corrected chi connectivity index (χ1v) is 6.57. The third-order valence-electron chi connectivity index (χ3n) is 2.91. The average Bonchev–Trinajstić information content (AvgIpc) is 2.89. The number of hydrogen-bond acceptors (Lipinski definition) is 4. The van der Waals surface area contributed by atoms with E-state index in [2.05, 4.69) is 9.89 Å². The smallest absolute Gasteiger partial charge is 0.308 e. The van der Waals surface area contributed by atoms with Crippen molar-refractivity contribution in [3.63, 3.8) is 0 Å². The van der Waals surface area contributed by atoms with Crippen LogP contribution >= 0.6 is 28.7 Å². The Bertz CT molecular complexity index is 557. The fourth-order valence-corrected chi connectivity index (χ4v) is 3.39. The van der Waals surface area contributed by atoms with Gasteiger partial charge in [0, 0.05) is 11.4 Å². The Hall–Kier alpha value is -1.27. The fourth-order valence-electron chi connectivity index (χ4n) is 2.20. The van der Waals surface area contributed by atoms with Crippen molar-refractivity contribution < 1.29 is 9.90 Å². The molecule has 0 aromatic heterocycles. The van der Waals surface area contributed by atoms with E-state index in [1.165, 1.54) is 11.8 Å². The molecule has 2 heterocycles. The number of hydrogen-bond donors (Lipinski definition) is 1. The van der Waals surface area contributed by atoms with Crippen LogP contribution in [0.15, 0.2) is 40.2 Å². The zero-order valence-electron chi connectivity index (χ0n) is 10.1. The molecule has 100 valence electrons. The number of amidine groups is 1. The average molecular weight is 341 g/mol. The first-order chi connectivity index (χ1) is 8.75. The van der Waals surface area contributed by atoms with Crippen molar-refractivity contribution in [1.82, 2.24) is 4.90 Å². The van der Waals surface area contributed by atoms with Gasteiger partial charge in [0.05, 0.1) is 18.7 Å². The molecule has 0 saturated carbocycles. The molecule has 0 radical (unpaired) electrons. The summed E-state index contributed by atoms with van der Waals surface area (Å²) in [6, 6.07) is 9.92. The van der Waals surface area contributed by atoms with Crippen LogP contribution in [0, 0.1) is 0 Å². The van der Waals surface area contributed by atoms with Crippen molar-refractivity contribution in [2.75, 3.05) is 13.1 Å².